The summed E-state index contributed by atoms with van der Waals surface area (Å²) in [5.74, 6) is 1.57. The summed E-state index contributed by atoms with van der Waals surface area (Å²) < 4.78 is 4.44. The first-order valence-corrected chi connectivity index (χ1v) is 9.90. The molecule has 6 heteroatoms. The molecule has 23 heavy (non-hydrogen) atoms. The molecular formula is C17H30N4OS. The van der Waals surface area contributed by atoms with Crippen LogP contribution in [-0.4, -0.2) is 50.6 Å². The number of aliphatic hydroxyl groups excluding tert-OH is 1. The molecule has 2 unspecified atom stereocenters. The van der Waals surface area contributed by atoms with Crippen molar-refractivity contribution >= 4 is 16.7 Å². The fourth-order valence-corrected chi connectivity index (χ4v) is 4.50. The summed E-state index contributed by atoms with van der Waals surface area (Å²) in [7, 11) is 0. The van der Waals surface area contributed by atoms with Gasteiger partial charge in [0.05, 0.1) is 6.10 Å². The Labute approximate surface area is 143 Å². The monoisotopic (exact) mass is 338 g/mol. The van der Waals surface area contributed by atoms with E-state index in [0.29, 0.717) is 18.0 Å². The Morgan fingerprint density at radius 1 is 1.22 bits per heavy atom. The zero-order chi connectivity index (χ0) is 16.2. The number of hydrogen-bond acceptors (Lipinski definition) is 6. The molecule has 2 aliphatic rings. The van der Waals surface area contributed by atoms with Crippen molar-refractivity contribution in [2.75, 3.05) is 18.4 Å². The quantitative estimate of drug-likeness (QED) is 0.864. The standard InChI is InChI=1S/C17H30N4OS/c1-12(2)11-16-19-17(23-20-16)18-13-7-9-21(10-8-13)14-5-3-4-6-15(14)22/h12-15,22H,3-11H2,1-2H3,(H,18,19,20). The smallest absolute Gasteiger partial charge is 0.202 e. The van der Waals surface area contributed by atoms with Gasteiger partial charge in [-0.3, -0.25) is 4.90 Å². The molecule has 1 aliphatic carbocycles. The highest BCUT2D eigenvalue weighted by atomic mass is 32.1. The molecule has 2 fully saturated rings. The molecule has 1 aliphatic heterocycles. The van der Waals surface area contributed by atoms with E-state index in [1.54, 1.807) is 0 Å². The van der Waals surface area contributed by atoms with Crippen molar-refractivity contribution < 1.29 is 5.11 Å². The van der Waals surface area contributed by atoms with Crippen LogP contribution >= 0.6 is 11.5 Å². The van der Waals surface area contributed by atoms with E-state index >= 15 is 0 Å². The lowest BCUT2D eigenvalue weighted by molar-refractivity contribution is 0.00993. The van der Waals surface area contributed by atoms with Crippen LogP contribution < -0.4 is 5.32 Å². The van der Waals surface area contributed by atoms with Gasteiger partial charge in [0.2, 0.25) is 5.13 Å². The second kappa shape index (κ2) is 7.90. The first-order valence-electron chi connectivity index (χ1n) is 9.13. The Morgan fingerprint density at radius 3 is 2.65 bits per heavy atom. The van der Waals surface area contributed by atoms with Crippen LogP contribution in [0.3, 0.4) is 0 Å². The lowest BCUT2D eigenvalue weighted by Gasteiger charge is -2.41. The molecule has 2 N–H and O–H groups in total. The fourth-order valence-electron chi connectivity index (χ4n) is 3.83. The molecule has 5 nitrogen and oxygen atoms in total. The van der Waals surface area contributed by atoms with Crippen LogP contribution in [0.5, 0.6) is 0 Å². The van der Waals surface area contributed by atoms with Gasteiger partial charge < -0.3 is 10.4 Å². The number of nitrogens with zero attached hydrogens (tertiary/aromatic N) is 3. The third-order valence-electron chi connectivity index (χ3n) is 5.08. The van der Waals surface area contributed by atoms with E-state index < -0.39 is 0 Å². The van der Waals surface area contributed by atoms with Gasteiger partial charge in [-0.1, -0.05) is 26.7 Å². The van der Waals surface area contributed by atoms with Gasteiger partial charge in [0.1, 0.15) is 5.82 Å². The van der Waals surface area contributed by atoms with Gasteiger partial charge in [-0.2, -0.15) is 4.37 Å². The summed E-state index contributed by atoms with van der Waals surface area (Å²) in [6, 6.07) is 0.885. The van der Waals surface area contributed by atoms with E-state index in [4.69, 9.17) is 0 Å². The molecule has 130 valence electrons. The first-order chi connectivity index (χ1) is 11.1. The SMILES string of the molecule is CC(C)Cc1nsc(NC2CCN(C3CCCCC3O)CC2)n1. The predicted octanol–water partition coefficient (Wildman–Crippen LogP) is 2.92. The molecule has 0 spiro atoms. The maximum absolute atomic E-state index is 10.2. The summed E-state index contributed by atoms with van der Waals surface area (Å²) in [5.41, 5.74) is 0. The Balaban J connectivity index is 1.46. The van der Waals surface area contributed by atoms with E-state index in [1.165, 1.54) is 24.4 Å². The van der Waals surface area contributed by atoms with Crippen LogP contribution in [0.2, 0.25) is 0 Å². The predicted molar refractivity (Wildman–Crippen MR) is 94.9 cm³/mol. The van der Waals surface area contributed by atoms with E-state index in [0.717, 1.165) is 56.1 Å². The van der Waals surface area contributed by atoms with Gasteiger partial charge in [-0.25, -0.2) is 4.98 Å². The highest BCUT2D eigenvalue weighted by molar-refractivity contribution is 7.09. The van der Waals surface area contributed by atoms with Gasteiger partial charge in [0, 0.05) is 43.1 Å². The van der Waals surface area contributed by atoms with Gasteiger partial charge in [0.15, 0.2) is 0 Å². The number of aromatic nitrogens is 2. The maximum Gasteiger partial charge on any atom is 0.202 e. The normalized spacial score (nSPS) is 27.5. The third kappa shape index (κ3) is 4.64. The average molecular weight is 339 g/mol. The van der Waals surface area contributed by atoms with E-state index in [1.807, 2.05) is 0 Å². The van der Waals surface area contributed by atoms with Crippen molar-refractivity contribution in [2.24, 2.45) is 5.92 Å². The average Bonchev–Trinajstić information content (AvgIpc) is 2.95. The number of aliphatic hydroxyl groups is 1. The molecule has 0 aromatic carbocycles. The lowest BCUT2D eigenvalue weighted by atomic mass is 9.89. The van der Waals surface area contributed by atoms with E-state index in [2.05, 4.69) is 33.4 Å². The van der Waals surface area contributed by atoms with Crippen LogP contribution in [-0.2, 0) is 6.42 Å². The summed E-state index contributed by atoms with van der Waals surface area (Å²) in [4.78, 5) is 7.11. The summed E-state index contributed by atoms with van der Waals surface area (Å²) >= 11 is 1.49. The molecule has 0 amide bonds. The molecule has 1 saturated carbocycles. The lowest BCUT2D eigenvalue weighted by Crippen LogP contribution is -2.50. The van der Waals surface area contributed by atoms with Gasteiger partial charge in [0.25, 0.3) is 0 Å². The number of anilines is 1. The van der Waals surface area contributed by atoms with Crippen LogP contribution in [0.15, 0.2) is 0 Å². The Bertz CT molecular complexity index is 485. The third-order valence-corrected chi connectivity index (χ3v) is 5.76. The topological polar surface area (TPSA) is 61.3 Å². The number of likely N-dealkylation sites (tertiary alicyclic amines) is 1. The number of rotatable bonds is 5. The Kier molecular flexibility index (Phi) is 5.88. The highest BCUT2D eigenvalue weighted by Gasteiger charge is 2.31. The second-order valence-electron chi connectivity index (χ2n) is 7.49. The molecule has 1 aromatic rings. The summed E-state index contributed by atoms with van der Waals surface area (Å²) in [5, 5.41) is 14.8. The minimum Gasteiger partial charge on any atom is -0.391 e. The Hall–Kier alpha value is -0.720. The summed E-state index contributed by atoms with van der Waals surface area (Å²) in [6.07, 6.45) is 7.69. The molecule has 1 saturated heterocycles. The Morgan fingerprint density at radius 2 is 1.96 bits per heavy atom. The minimum atomic E-state index is -0.116. The molecule has 3 rings (SSSR count). The van der Waals surface area contributed by atoms with E-state index in [9.17, 15) is 5.11 Å². The molecular weight excluding hydrogens is 308 g/mol. The number of piperidine rings is 1. The van der Waals surface area contributed by atoms with Crippen LogP contribution in [0.25, 0.3) is 0 Å². The van der Waals surface area contributed by atoms with Crippen LogP contribution in [0, 0.1) is 5.92 Å². The van der Waals surface area contributed by atoms with Gasteiger partial charge in [-0.15, -0.1) is 0 Å². The van der Waals surface area contributed by atoms with Crippen molar-refractivity contribution in [3.05, 3.63) is 5.82 Å². The molecule has 2 heterocycles. The zero-order valence-electron chi connectivity index (χ0n) is 14.4. The van der Waals surface area contributed by atoms with Crippen molar-refractivity contribution in [1.29, 1.82) is 0 Å². The maximum atomic E-state index is 10.2. The minimum absolute atomic E-state index is 0.116. The fraction of sp³-hybridized carbons (Fsp3) is 0.882. The van der Waals surface area contributed by atoms with Gasteiger partial charge >= 0.3 is 0 Å². The number of nitrogens with one attached hydrogen (secondary N) is 1. The second-order valence-corrected chi connectivity index (χ2v) is 8.24. The van der Waals surface area contributed by atoms with Crippen LogP contribution in [0.4, 0.5) is 5.13 Å². The van der Waals surface area contributed by atoms with Gasteiger partial charge in [-0.05, 0) is 31.6 Å². The molecule has 0 bridgehead atoms. The van der Waals surface area contributed by atoms with Crippen LogP contribution in [0.1, 0.15) is 58.2 Å². The zero-order valence-corrected chi connectivity index (χ0v) is 15.2. The molecule has 0 radical (unpaired) electrons. The molecule has 2 atom stereocenters. The van der Waals surface area contributed by atoms with Crippen molar-refractivity contribution in [3.63, 3.8) is 0 Å². The van der Waals surface area contributed by atoms with Crippen molar-refractivity contribution in [3.8, 4) is 0 Å². The van der Waals surface area contributed by atoms with Crippen molar-refractivity contribution in [1.82, 2.24) is 14.3 Å². The first kappa shape index (κ1) is 17.1. The largest absolute Gasteiger partial charge is 0.391 e. The number of hydrogen-bond donors (Lipinski definition) is 2. The van der Waals surface area contributed by atoms with Crippen molar-refractivity contribution in [2.45, 2.75) is 77.0 Å². The highest BCUT2D eigenvalue weighted by Crippen LogP contribution is 2.27. The molecule has 1 aromatic heterocycles. The van der Waals surface area contributed by atoms with E-state index in [-0.39, 0.29) is 6.10 Å². The summed E-state index contributed by atoms with van der Waals surface area (Å²) in [6.45, 7) is 6.56.